The molecule has 0 bridgehead atoms. The van der Waals surface area contributed by atoms with Gasteiger partial charge in [-0.2, -0.15) is 5.10 Å². The highest BCUT2D eigenvalue weighted by molar-refractivity contribution is 5.99. The van der Waals surface area contributed by atoms with Crippen molar-refractivity contribution in [1.29, 1.82) is 0 Å². The van der Waals surface area contributed by atoms with Crippen LogP contribution in [0.3, 0.4) is 0 Å². The summed E-state index contributed by atoms with van der Waals surface area (Å²) in [5.74, 6) is 0.996. The van der Waals surface area contributed by atoms with Crippen LogP contribution < -0.4 is 5.32 Å². The molecule has 0 radical (unpaired) electrons. The summed E-state index contributed by atoms with van der Waals surface area (Å²) in [6.07, 6.45) is 9.49. The summed E-state index contributed by atoms with van der Waals surface area (Å²) in [5, 5.41) is 8.18. The fourth-order valence-corrected chi connectivity index (χ4v) is 5.47. The van der Waals surface area contributed by atoms with Gasteiger partial charge in [-0.15, -0.1) is 0 Å². The van der Waals surface area contributed by atoms with E-state index in [4.69, 9.17) is 0 Å². The molecule has 6 nitrogen and oxygen atoms in total. The third kappa shape index (κ3) is 3.73. The van der Waals surface area contributed by atoms with E-state index < -0.39 is 0 Å². The Morgan fingerprint density at radius 2 is 1.77 bits per heavy atom. The molecule has 2 fully saturated rings. The quantitative estimate of drug-likeness (QED) is 0.833. The Morgan fingerprint density at radius 1 is 1.03 bits per heavy atom. The number of fused-ring (bicyclic) bond motifs is 1. The molecule has 5 rings (SSSR count). The van der Waals surface area contributed by atoms with Crippen molar-refractivity contribution < 1.29 is 4.79 Å². The number of carbonyl (C=O) groups is 1. The van der Waals surface area contributed by atoms with E-state index in [1.165, 1.54) is 37.7 Å². The standard InChI is InChI=1S/C24H33N5O/c1-18-16-22(19-8-4-2-5-9-19)26-23-21(17-25-29(18)23)24(30)28-14-12-27(13-15-28)20-10-6-3-7-11-20/h2,4-5,8-9,17-18,20,22,26H,3,6-7,10-16H2,1H3. The Labute approximate surface area is 179 Å². The molecule has 1 aromatic carbocycles. The predicted octanol–water partition coefficient (Wildman–Crippen LogP) is 4.09. The topological polar surface area (TPSA) is 53.4 Å². The molecule has 160 valence electrons. The average molecular weight is 408 g/mol. The Hall–Kier alpha value is -2.34. The van der Waals surface area contributed by atoms with Crippen molar-refractivity contribution in [1.82, 2.24) is 19.6 Å². The molecule has 30 heavy (non-hydrogen) atoms. The van der Waals surface area contributed by atoms with Gasteiger partial charge in [0.15, 0.2) is 0 Å². The van der Waals surface area contributed by atoms with Gasteiger partial charge in [0, 0.05) is 32.2 Å². The lowest BCUT2D eigenvalue weighted by atomic mass is 9.94. The van der Waals surface area contributed by atoms with Crippen LogP contribution in [0.2, 0.25) is 0 Å². The second-order valence-electron chi connectivity index (χ2n) is 9.16. The molecular weight excluding hydrogens is 374 g/mol. The maximum absolute atomic E-state index is 13.4. The minimum atomic E-state index is 0.118. The Balaban J connectivity index is 1.29. The van der Waals surface area contributed by atoms with E-state index in [0.29, 0.717) is 5.56 Å². The molecule has 1 aliphatic carbocycles. The minimum absolute atomic E-state index is 0.118. The van der Waals surface area contributed by atoms with E-state index in [1.807, 2.05) is 15.6 Å². The third-order valence-electron chi connectivity index (χ3n) is 7.23. The molecule has 6 heteroatoms. The monoisotopic (exact) mass is 407 g/mol. The smallest absolute Gasteiger partial charge is 0.259 e. The van der Waals surface area contributed by atoms with Crippen molar-refractivity contribution in [2.24, 2.45) is 0 Å². The van der Waals surface area contributed by atoms with Crippen molar-refractivity contribution in [2.45, 2.75) is 63.6 Å². The lowest BCUT2D eigenvalue weighted by Crippen LogP contribution is -2.52. The second-order valence-corrected chi connectivity index (χ2v) is 9.16. The van der Waals surface area contributed by atoms with Gasteiger partial charge in [0.1, 0.15) is 11.4 Å². The SMILES string of the molecule is CC1CC(c2ccccc2)Nc2c(C(=O)N3CCN(C4CCCCC4)CC3)cnn21. The van der Waals surface area contributed by atoms with Crippen LogP contribution in [0.15, 0.2) is 36.5 Å². The van der Waals surface area contributed by atoms with Crippen LogP contribution in [-0.2, 0) is 0 Å². The maximum atomic E-state index is 13.4. The number of carbonyl (C=O) groups excluding carboxylic acids is 1. The number of hydrogen-bond acceptors (Lipinski definition) is 4. The molecule has 2 aliphatic heterocycles. The molecule has 3 heterocycles. The summed E-state index contributed by atoms with van der Waals surface area (Å²) in [7, 11) is 0. The van der Waals surface area contributed by atoms with Gasteiger partial charge in [-0.1, -0.05) is 49.6 Å². The van der Waals surface area contributed by atoms with Crippen LogP contribution in [0.1, 0.15) is 73.5 Å². The highest BCUT2D eigenvalue weighted by Gasteiger charge is 2.33. The number of hydrogen-bond donors (Lipinski definition) is 1. The summed E-state index contributed by atoms with van der Waals surface area (Å²) in [6.45, 7) is 5.81. The summed E-state index contributed by atoms with van der Waals surface area (Å²) in [5.41, 5.74) is 1.98. The number of benzene rings is 1. The number of nitrogens with zero attached hydrogens (tertiary/aromatic N) is 4. The molecule has 1 saturated carbocycles. The first-order valence-electron chi connectivity index (χ1n) is 11.6. The van der Waals surface area contributed by atoms with E-state index in [9.17, 15) is 4.79 Å². The number of aromatic nitrogens is 2. The zero-order chi connectivity index (χ0) is 20.5. The number of piperazine rings is 1. The number of amides is 1. The summed E-state index contributed by atoms with van der Waals surface area (Å²) in [6, 6.07) is 11.7. The highest BCUT2D eigenvalue weighted by atomic mass is 16.2. The van der Waals surface area contributed by atoms with Gasteiger partial charge in [0.2, 0.25) is 0 Å². The van der Waals surface area contributed by atoms with Crippen LogP contribution in [0, 0.1) is 0 Å². The van der Waals surface area contributed by atoms with E-state index in [2.05, 4.69) is 46.5 Å². The first kappa shape index (κ1) is 19.6. The number of anilines is 1. The van der Waals surface area contributed by atoms with Gasteiger partial charge in [0.05, 0.1) is 18.3 Å². The van der Waals surface area contributed by atoms with E-state index in [0.717, 1.165) is 44.5 Å². The molecule has 1 saturated heterocycles. The fourth-order valence-electron chi connectivity index (χ4n) is 5.47. The van der Waals surface area contributed by atoms with Gasteiger partial charge in [0.25, 0.3) is 5.91 Å². The Morgan fingerprint density at radius 3 is 2.50 bits per heavy atom. The fraction of sp³-hybridized carbons (Fsp3) is 0.583. The van der Waals surface area contributed by atoms with Crippen molar-refractivity contribution in [2.75, 3.05) is 31.5 Å². The average Bonchev–Trinajstić information content (AvgIpc) is 3.24. The first-order chi connectivity index (χ1) is 14.7. The zero-order valence-electron chi connectivity index (χ0n) is 18.0. The van der Waals surface area contributed by atoms with Crippen LogP contribution in [-0.4, -0.2) is 57.7 Å². The normalized spacial score (nSPS) is 25.6. The highest BCUT2D eigenvalue weighted by Crippen LogP contribution is 2.36. The van der Waals surface area contributed by atoms with Crippen LogP contribution in [0.5, 0.6) is 0 Å². The van der Waals surface area contributed by atoms with Crippen molar-refractivity contribution >= 4 is 11.7 Å². The van der Waals surface area contributed by atoms with E-state index in [-0.39, 0.29) is 18.0 Å². The molecule has 2 unspecified atom stereocenters. The van der Waals surface area contributed by atoms with Crippen molar-refractivity contribution in [3.63, 3.8) is 0 Å². The predicted molar refractivity (Wildman–Crippen MR) is 119 cm³/mol. The first-order valence-corrected chi connectivity index (χ1v) is 11.6. The molecule has 1 amide bonds. The molecule has 2 aromatic rings. The largest absolute Gasteiger partial charge is 0.363 e. The molecule has 1 aromatic heterocycles. The molecule has 0 spiro atoms. The molecule has 3 aliphatic rings. The van der Waals surface area contributed by atoms with E-state index >= 15 is 0 Å². The van der Waals surface area contributed by atoms with Gasteiger partial charge >= 0.3 is 0 Å². The van der Waals surface area contributed by atoms with Gasteiger partial charge < -0.3 is 10.2 Å². The van der Waals surface area contributed by atoms with E-state index in [1.54, 1.807) is 6.20 Å². The molecular formula is C24H33N5O. The van der Waals surface area contributed by atoms with Crippen molar-refractivity contribution in [3.8, 4) is 0 Å². The van der Waals surface area contributed by atoms with Crippen LogP contribution >= 0.6 is 0 Å². The van der Waals surface area contributed by atoms with Crippen LogP contribution in [0.4, 0.5) is 5.82 Å². The molecule has 2 atom stereocenters. The summed E-state index contributed by atoms with van der Waals surface area (Å²) < 4.78 is 1.99. The minimum Gasteiger partial charge on any atom is -0.363 e. The number of nitrogens with one attached hydrogen (secondary N) is 1. The lowest BCUT2D eigenvalue weighted by molar-refractivity contribution is 0.0524. The number of rotatable bonds is 3. The Bertz CT molecular complexity index is 865. The zero-order valence-corrected chi connectivity index (χ0v) is 18.0. The van der Waals surface area contributed by atoms with Gasteiger partial charge in [-0.25, -0.2) is 4.68 Å². The summed E-state index contributed by atoms with van der Waals surface area (Å²) >= 11 is 0. The Kier molecular flexibility index (Phi) is 5.50. The van der Waals surface area contributed by atoms with Crippen molar-refractivity contribution in [3.05, 3.63) is 47.7 Å². The van der Waals surface area contributed by atoms with Gasteiger partial charge in [-0.3, -0.25) is 9.69 Å². The second kappa shape index (κ2) is 8.42. The van der Waals surface area contributed by atoms with Crippen LogP contribution in [0.25, 0.3) is 0 Å². The van der Waals surface area contributed by atoms with Gasteiger partial charge in [-0.05, 0) is 31.7 Å². The lowest BCUT2D eigenvalue weighted by Gasteiger charge is -2.40. The summed E-state index contributed by atoms with van der Waals surface area (Å²) in [4.78, 5) is 18.0. The molecule has 1 N–H and O–H groups in total. The maximum Gasteiger partial charge on any atom is 0.259 e. The third-order valence-corrected chi connectivity index (χ3v) is 7.23.